The molecular weight excluding hydrogens is 290 g/mol. The first-order valence-corrected chi connectivity index (χ1v) is 6.35. The van der Waals surface area contributed by atoms with Gasteiger partial charge in [0.2, 0.25) is 5.96 Å². The van der Waals surface area contributed by atoms with Gasteiger partial charge in [-0.15, -0.1) is 5.10 Å². The van der Waals surface area contributed by atoms with E-state index in [-0.39, 0.29) is 11.6 Å². The highest BCUT2D eigenvalue weighted by molar-refractivity contribution is 5.89. The van der Waals surface area contributed by atoms with Gasteiger partial charge in [-0.2, -0.15) is 4.68 Å². The second-order valence-electron chi connectivity index (χ2n) is 4.48. The van der Waals surface area contributed by atoms with Crippen LogP contribution in [0.4, 0.5) is 5.69 Å². The summed E-state index contributed by atoms with van der Waals surface area (Å²) in [5.41, 5.74) is 8.98. The molecular formula is C11H13N9O2. The summed E-state index contributed by atoms with van der Waals surface area (Å²) in [5.74, 6) is 0.0314. The first-order chi connectivity index (χ1) is 10.5. The van der Waals surface area contributed by atoms with Crippen molar-refractivity contribution in [3.8, 4) is 0 Å². The lowest BCUT2D eigenvalue weighted by molar-refractivity contribution is -0.384. The normalized spacial score (nSPS) is 10.2. The molecule has 22 heavy (non-hydrogen) atoms. The number of nitrogens with one attached hydrogen (secondary N) is 1. The molecule has 0 saturated carbocycles. The summed E-state index contributed by atoms with van der Waals surface area (Å²) in [6, 6.07) is 4.16. The van der Waals surface area contributed by atoms with E-state index in [2.05, 4.69) is 20.3 Å². The number of azide groups is 1. The number of hydrogen-bond acceptors (Lipinski definition) is 6. The standard InChI is InChI=1S/C11H13N9O2/c1-18(6-2-5-14-16-13)11(12)19-10-7-8(20(21)22)3-4-9(10)15-17-19/h3-4,7,12H,2,5-6H2,1H3. The van der Waals surface area contributed by atoms with Crippen molar-refractivity contribution in [2.24, 2.45) is 5.11 Å². The maximum Gasteiger partial charge on any atom is 0.271 e. The monoisotopic (exact) mass is 303 g/mol. The number of fused-ring (bicyclic) bond motifs is 1. The predicted octanol–water partition coefficient (Wildman–Crippen LogP) is 1.75. The average Bonchev–Trinajstić information content (AvgIpc) is 2.93. The van der Waals surface area contributed by atoms with Gasteiger partial charge in [-0.3, -0.25) is 15.5 Å². The maximum absolute atomic E-state index is 10.8. The summed E-state index contributed by atoms with van der Waals surface area (Å²) < 4.78 is 1.23. The van der Waals surface area contributed by atoms with Crippen molar-refractivity contribution in [2.75, 3.05) is 20.1 Å². The molecule has 0 fully saturated rings. The lowest BCUT2D eigenvalue weighted by Gasteiger charge is -2.18. The zero-order valence-electron chi connectivity index (χ0n) is 11.7. The largest absolute Gasteiger partial charge is 0.344 e. The molecule has 0 aliphatic rings. The van der Waals surface area contributed by atoms with Crippen molar-refractivity contribution >= 4 is 22.7 Å². The smallest absolute Gasteiger partial charge is 0.271 e. The van der Waals surface area contributed by atoms with Crippen LogP contribution < -0.4 is 0 Å². The molecule has 11 nitrogen and oxygen atoms in total. The Morgan fingerprint density at radius 2 is 2.41 bits per heavy atom. The van der Waals surface area contributed by atoms with E-state index < -0.39 is 4.92 Å². The van der Waals surface area contributed by atoms with Gasteiger partial charge < -0.3 is 4.90 Å². The Balaban J connectivity index is 2.21. The highest BCUT2D eigenvalue weighted by Gasteiger charge is 2.15. The molecule has 0 radical (unpaired) electrons. The first kappa shape index (κ1) is 15.2. The van der Waals surface area contributed by atoms with Gasteiger partial charge in [0.15, 0.2) is 0 Å². The van der Waals surface area contributed by atoms with Crippen molar-refractivity contribution in [1.82, 2.24) is 19.9 Å². The van der Waals surface area contributed by atoms with Crippen molar-refractivity contribution in [3.63, 3.8) is 0 Å². The van der Waals surface area contributed by atoms with Crippen molar-refractivity contribution in [2.45, 2.75) is 6.42 Å². The van der Waals surface area contributed by atoms with Crippen LogP contribution in [0, 0.1) is 15.5 Å². The minimum Gasteiger partial charge on any atom is -0.344 e. The van der Waals surface area contributed by atoms with Gasteiger partial charge in [-0.05, 0) is 18.0 Å². The minimum absolute atomic E-state index is 0.0314. The Bertz CT molecular complexity index is 762. The molecule has 0 saturated heterocycles. The van der Waals surface area contributed by atoms with Crippen LogP contribution in [0.25, 0.3) is 21.5 Å². The molecule has 114 valence electrons. The fourth-order valence-corrected chi connectivity index (χ4v) is 1.87. The summed E-state index contributed by atoms with van der Waals surface area (Å²) in [5, 5.41) is 30.1. The third kappa shape index (κ3) is 3.10. The van der Waals surface area contributed by atoms with E-state index in [1.165, 1.54) is 22.9 Å². The molecule has 0 spiro atoms. The Labute approximate surface area is 124 Å². The second-order valence-corrected chi connectivity index (χ2v) is 4.48. The Kier molecular flexibility index (Phi) is 4.49. The van der Waals surface area contributed by atoms with Gasteiger partial charge in [0.1, 0.15) is 11.0 Å². The van der Waals surface area contributed by atoms with Gasteiger partial charge >= 0.3 is 0 Å². The van der Waals surface area contributed by atoms with E-state index in [0.717, 1.165) is 0 Å². The van der Waals surface area contributed by atoms with Crippen LogP contribution in [0.3, 0.4) is 0 Å². The number of nitrogens with zero attached hydrogens (tertiary/aromatic N) is 8. The maximum atomic E-state index is 10.8. The van der Waals surface area contributed by atoms with Crippen LogP contribution in [0.5, 0.6) is 0 Å². The van der Waals surface area contributed by atoms with E-state index in [9.17, 15) is 10.1 Å². The Morgan fingerprint density at radius 1 is 1.64 bits per heavy atom. The molecule has 0 unspecified atom stereocenters. The molecule has 2 rings (SSSR count). The molecule has 0 aliphatic heterocycles. The highest BCUT2D eigenvalue weighted by Crippen LogP contribution is 2.19. The van der Waals surface area contributed by atoms with Gasteiger partial charge in [-0.25, -0.2) is 0 Å². The molecule has 1 N–H and O–H groups in total. The van der Waals surface area contributed by atoms with E-state index in [4.69, 9.17) is 10.9 Å². The molecule has 2 aromatic rings. The van der Waals surface area contributed by atoms with E-state index in [0.29, 0.717) is 30.5 Å². The SMILES string of the molecule is CN(CCCN=[N+]=[N-])C(=N)n1nnc2ccc([N+](=O)[O-])cc21. The summed E-state index contributed by atoms with van der Waals surface area (Å²) >= 11 is 0. The molecule has 0 atom stereocenters. The predicted molar refractivity (Wildman–Crippen MR) is 78.6 cm³/mol. The molecule has 0 amide bonds. The lowest BCUT2D eigenvalue weighted by Crippen LogP contribution is -2.33. The van der Waals surface area contributed by atoms with Crippen LogP contribution in [-0.2, 0) is 0 Å². The second kappa shape index (κ2) is 6.50. The van der Waals surface area contributed by atoms with Crippen LogP contribution in [0.2, 0.25) is 0 Å². The van der Waals surface area contributed by atoms with Gasteiger partial charge in [-0.1, -0.05) is 10.3 Å². The Morgan fingerprint density at radius 3 is 3.09 bits per heavy atom. The summed E-state index contributed by atoms with van der Waals surface area (Å²) in [4.78, 5) is 14.6. The highest BCUT2D eigenvalue weighted by atomic mass is 16.6. The number of non-ortho nitro benzene ring substituents is 1. The van der Waals surface area contributed by atoms with Crippen LogP contribution in [0.1, 0.15) is 6.42 Å². The van der Waals surface area contributed by atoms with Crippen LogP contribution >= 0.6 is 0 Å². The van der Waals surface area contributed by atoms with Crippen molar-refractivity contribution in [1.29, 1.82) is 5.41 Å². The van der Waals surface area contributed by atoms with Gasteiger partial charge in [0.25, 0.3) is 5.69 Å². The number of aromatic nitrogens is 3. The molecule has 1 aromatic carbocycles. The zero-order chi connectivity index (χ0) is 16.1. The number of nitro groups is 1. The van der Waals surface area contributed by atoms with Crippen molar-refractivity contribution in [3.05, 3.63) is 38.8 Å². The number of hydrogen-bond donors (Lipinski definition) is 1. The summed E-state index contributed by atoms with van der Waals surface area (Å²) in [7, 11) is 1.68. The quantitative estimate of drug-likeness (QED) is 0.130. The molecule has 1 aromatic heterocycles. The summed E-state index contributed by atoms with van der Waals surface area (Å²) in [6.45, 7) is 0.811. The fraction of sp³-hybridized carbons (Fsp3) is 0.364. The van der Waals surface area contributed by atoms with Gasteiger partial charge in [0, 0.05) is 37.2 Å². The molecule has 11 heteroatoms. The van der Waals surface area contributed by atoms with Crippen LogP contribution in [0.15, 0.2) is 23.3 Å². The molecule has 0 bridgehead atoms. The van der Waals surface area contributed by atoms with E-state index in [1.807, 2.05) is 0 Å². The fourth-order valence-electron chi connectivity index (χ4n) is 1.87. The first-order valence-electron chi connectivity index (χ1n) is 6.35. The number of nitro benzene ring substituents is 1. The number of benzene rings is 1. The average molecular weight is 303 g/mol. The minimum atomic E-state index is -0.510. The molecule has 1 heterocycles. The molecule has 0 aliphatic carbocycles. The zero-order valence-corrected chi connectivity index (χ0v) is 11.7. The summed E-state index contributed by atoms with van der Waals surface area (Å²) in [6.07, 6.45) is 0.579. The van der Waals surface area contributed by atoms with Crippen molar-refractivity contribution < 1.29 is 4.92 Å². The van der Waals surface area contributed by atoms with Gasteiger partial charge in [0.05, 0.1) is 4.92 Å². The lowest BCUT2D eigenvalue weighted by atomic mass is 10.3. The topological polar surface area (TPSA) is 150 Å². The van der Waals surface area contributed by atoms with E-state index in [1.54, 1.807) is 11.9 Å². The van der Waals surface area contributed by atoms with E-state index >= 15 is 0 Å². The third-order valence-electron chi connectivity index (χ3n) is 3.02. The number of rotatable bonds is 5. The third-order valence-corrected chi connectivity index (χ3v) is 3.02. The van der Waals surface area contributed by atoms with Crippen LogP contribution in [-0.4, -0.2) is 50.9 Å². The Hall–Kier alpha value is -3.20.